The minimum atomic E-state index is -0.525. The summed E-state index contributed by atoms with van der Waals surface area (Å²) in [6, 6.07) is 18.7. The Balaban J connectivity index is 1.28. The second kappa shape index (κ2) is 10.1. The van der Waals surface area contributed by atoms with Crippen molar-refractivity contribution in [2.45, 2.75) is 39.1 Å². The maximum Gasteiger partial charge on any atom is 0.123 e. The number of para-hydroxylation sites is 1. The van der Waals surface area contributed by atoms with Gasteiger partial charge < -0.3 is 9.84 Å². The molecule has 4 rings (SSSR count). The van der Waals surface area contributed by atoms with Crippen LogP contribution >= 0.6 is 0 Å². The number of hydrogen-bond donors (Lipinski definition) is 2. The van der Waals surface area contributed by atoms with E-state index in [1.165, 1.54) is 11.1 Å². The highest BCUT2D eigenvalue weighted by atomic mass is 16.5. The quantitative estimate of drug-likeness (QED) is 0.557. The zero-order valence-corrected chi connectivity index (χ0v) is 18.4. The highest BCUT2D eigenvalue weighted by Gasteiger charge is 2.19. The van der Waals surface area contributed by atoms with Crippen molar-refractivity contribution in [3.05, 3.63) is 82.7 Å². The van der Waals surface area contributed by atoms with Crippen molar-refractivity contribution in [1.82, 2.24) is 20.0 Å². The van der Waals surface area contributed by atoms with Crippen LogP contribution in [0.3, 0.4) is 0 Å². The van der Waals surface area contributed by atoms with Crippen molar-refractivity contribution in [3.8, 4) is 5.75 Å². The second-order valence-corrected chi connectivity index (χ2v) is 8.54. The van der Waals surface area contributed by atoms with E-state index in [9.17, 15) is 5.11 Å². The van der Waals surface area contributed by atoms with Crippen LogP contribution < -0.4 is 4.74 Å². The van der Waals surface area contributed by atoms with E-state index in [0.29, 0.717) is 6.54 Å². The van der Waals surface area contributed by atoms with Crippen LogP contribution in [0.15, 0.2) is 54.6 Å². The molecule has 0 aliphatic carbocycles. The van der Waals surface area contributed by atoms with Gasteiger partial charge in [0.25, 0.3) is 0 Å². The average molecular weight is 421 g/mol. The van der Waals surface area contributed by atoms with Crippen molar-refractivity contribution in [1.29, 1.82) is 0 Å². The van der Waals surface area contributed by atoms with E-state index in [1.54, 1.807) is 0 Å². The normalized spacial score (nSPS) is 15.1. The molecule has 0 unspecified atom stereocenters. The molecule has 1 aliphatic rings. The van der Waals surface area contributed by atoms with Crippen molar-refractivity contribution in [2.24, 2.45) is 0 Å². The molecule has 2 aromatic carbocycles. The first-order valence-electron chi connectivity index (χ1n) is 10.9. The fraction of sp³-hybridized carbons (Fsp3) is 0.400. The van der Waals surface area contributed by atoms with Crippen molar-refractivity contribution >= 4 is 0 Å². The Morgan fingerprint density at radius 1 is 1.13 bits per heavy atom. The lowest BCUT2D eigenvalue weighted by atomic mass is 10.00. The maximum atomic E-state index is 10.6. The van der Waals surface area contributed by atoms with E-state index in [0.717, 1.165) is 55.3 Å². The Hall–Kier alpha value is -2.67. The Labute approximate surface area is 184 Å². The molecule has 0 saturated heterocycles. The fourth-order valence-electron chi connectivity index (χ4n) is 4.20. The first-order valence-corrected chi connectivity index (χ1v) is 10.9. The number of rotatable bonds is 9. The van der Waals surface area contributed by atoms with Crippen LogP contribution in [0, 0.1) is 6.92 Å². The van der Waals surface area contributed by atoms with Crippen LogP contribution in [0.25, 0.3) is 0 Å². The molecule has 31 heavy (non-hydrogen) atoms. The molecule has 0 fully saturated rings. The van der Waals surface area contributed by atoms with Gasteiger partial charge in [0.15, 0.2) is 0 Å². The SMILES string of the molecule is Cc1cc(CN(C)Cc2ccccc2OC[C@@H](O)CN2CCc3ccccc3C2)n[nH]1. The molecule has 0 saturated carbocycles. The Bertz CT molecular complexity index is 987. The number of aliphatic hydroxyl groups is 1. The summed E-state index contributed by atoms with van der Waals surface area (Å²) in [5.41, 5.74) is 5.99. The van der Waals surface area contributed by atoms with Crippen LogP contribution in [-0.2, 0) is 26.1 Å². The molecule has 2 heterocycles. The highest BCUT2D eigenvalue weighted by molar-refractivity contribution is 5.33. The van der Waals surface area contributed by atoms with Crippen LogP contribution in [0.2, 0.25) is 0 Å². The van der Waals surface area contributed by atoms with Gasteiger partial charge in [0.2, 0.25) is 0 Å². The number of ether oxygens (including phenoxy) is 1. The predicted octanol–water partition coefficient (Wildman–Crippen LogP) is 3.15. The minimum absolute atomic E-state index is 0.289. The molecule has 6 nitrogen and oxygen atoms in total. The van der Waals surface area contributed by atoms with Gasteiger partial charge in [-0.1, -0.05) is 42.5 Å². The summed E-state index contributed by atoms with van der Waals surface area (Å²) in [4.78, 5) is 4.52. The highest BCUT2D eigenvalue weighted by Crippen LogP contribution is 2.21. The van der Waals surface area contributed by atoms with Crippen molar-refractivity contribution < 1.29 is 9.84 Å². The fourth-order valence-corrected chi connectivity index (χ4v) is 4.20. The number of H-pyrrole nitrogens is 1. The number of β-amino-alcohol motifs (C(OH)–C–C–N with tert-alkyl or cyclic N) is 1. The largest absolute Gasteiger partial charge is 0.491 e. The molecule has 2 N–H and O–H groups in total. The first-order chi connectivity index (χ1) is 15.1. The lowest BCUT2D eigenvalue weighted by Gasteiger charge is -2.30. The van der Waals surface area contributed by atoms with Gasteiger partial charge >= 0.3 is 0 Å². The van der Waals surface area contributed by atoms with Crippen LogP contribution in [-0.4, -0.2) is 58.0 Å². The summed E-state index contributed by atoms with van der Waals surface area (Å²) in [5, 5.41) is 17.9. The van der Waals surface area contributed by atoms with Gasteiger partial charge in [0.1, 0.15) is 18.5 Å². The molecule has 1 aliphatic heterocycles. The summed E-state index contributed by atoms with van der Waals surface area (Å²) in [7, 11) is 2.07. The van der Waals surface area contributed by atoms with Gasteiger partial charge in [-0.15, -0.1) is 0 Å². The molecule has 164 valence electrons. The van der Waals surface area contributed by atoms with Gasteiger partial charge in [0.05, 0.1) is 5.69 Å². The molecule has 3 aromatic rings. The average Bonchev–Trinajstić information content (AvgIpc) is 3.17. The number of benzene rings is 2. The summed E-state index contributed by atoms with van der Waals surface area (Å²) in [5.74, 6) is 0.829. The standard InChI is InChI=1S/C25H32N4O2/c1-19-13-23(27-26-19)16-28(2)14-22-9-5-6-10-25(22)31-18-24(30)17-29-12-11-20-7-3-4-8-21(20)15-29/h3-10,13,24,30H,11-12,14-18H2,1-2H3,(H,26,27)/t24-/m0/s1. The van der Waals surface area contributed by atoms with Gasteiger partial charge in [-0.05, 0) is 43.7 Å². The third-order valence-electron chi connectivity index (χ3n) is 5.71. The van der Waals surface area contributed by atoms with Gasteiger partial charge in [0, 0.05) is 44.0 Å². The van der Waals surface area contributed by atoms with E-state index in [1.807, 2.05) is 25.1 Å². The summed E-state index contributed by atoms with van der Waals surface area (Å²) < 4.78 is 6.04. The number of aryl methyl sites for hydroxylation is 1. The van der Waals surface area contributed by atoms with Crippen molar-refractivity contribution in [2.75, 3.05) is 26.7 Å². The summed E-state index contributed by atoms with van der Waals surface area (Å²) >= 11 is 0. The van der Waals surface area contributed by atoms with E-state index >= 15 is 0 Å². The second-order valence-electron chi connectivity index (χ2n) is 8.54. The summed E-state index contributed by atoms with van der Waals surface area (Å²) in [6.45, 7) is 6.29. The third kappa shape index (κ3) is 5.94. The van der Waals surface area contributed by atoms with E-state index < -0.39 is 6.10 Å². The lowest BCUT2D eigenvalue weighted by Crippen LogP contribution is -2.38. The van der Waals surface area contributed by atoms with E-state index in [-0.39, 0.29) is 6.61 Å². The van der Waals surface area contributed by atoms with E-state index in [4.69, 9.17) is 4.74 Å². The third-order valence-corrected chi connectivity index (χ3v) is 5.71. The topological polar surface area (TPSA) is 64.6 Å². The number of fused-ring (bicyclic) bond motifs is 1. The minimum Gasteiger partial charge on any atom is -0.491 e. The molecular weight excluding hydrogens is 388 g/mol. The molecule has 1 aromatic heterocycles. The van der Waals surface area contributed by atoms with Crippen molar-refractivity contribution in [3.63, 3.8) is 0 Å². The van der Waals surface area contributed by atoms with E-state index in [2.05, 4.69) is 63.4 Å². The molecule has 0 spiro atoms. The lowest BCUT2D eigenvalue weighted by molar-refractivity contribution is 0.0632. The van der Waals surface area contributed by atoms with Crippen LogP contribution in [0.4, 0.5) is 0 Å². The van der Waals surface area contributed by atoms with Gasteiger partial charge in [-0.3, -0.25) is 14.9 Å². The first kappa shape index (κ1) is 21.6. The van der Waals surface area contributed by atoms with Gasteiger partial charge in [-0.2, -0.15) is 5.10 Å². The Kier molecular flexibility index (Phi) is 7.02. The number of aliphatic hydroxyl groups excluding tert-OH is 1. The zero-order chi connectivity index (χ0) is 21.6. The van der Waals surface area contributed by atoms with Crippen LogP contribution in [0.1, 0.15) is 28.1 Å². The van der Waals surface area contributed by atoms with Crippen LogP contribution in [0.5, 0.6) is 5.75 Å². The number of nitrogens with zero attached hydrogens (tertiary/aromatic N) is 3. The predicted molar refractivity (Wildman–Crippen MR) is 122 cm³/mol. The number of nitrogens with one attached hydrogen (secondary N) is 1. The monoisotopic (exact) mass is 420 g/mol. The number of aromatic nitrogens is 2. The molecule has 0 bridgehead atoms. The molecular formula is C25H32N4O2. The molecule has 0 amide bonds. The molecule has 6 heteroatoms. The molecule has 0 radical (unpaired) electrons. The summed E-state index contributed by atoms with van der Waals surface area (Å²) in [6.07, 6.45) is 0.511. The number of hydrogen-bond acceptors (Lipinski definition) is 5. The Morgan fingerprint density at radius 3 is 2.71 bits per heavy atom. The molecule has 1 atom stereocenters. The van der Waals surface area contributed by atoms with Gasteiger partial charge in [-0.25, -0.2) is 0 Å². The Morgan fingerprint density at radius 2 is 1.90 bits per heavy atom. The maximum absolute atomic E-state index is 10.6. The zero-order valence-electron chi connectivity index (χ0n) is 18.4. The number of aromatic amines is 1. The smallest absolute Gasteiger partial charge is 0.123 e.